The summed E-state index contributed by atoms with van der Waals surface area (Å²) in [5, 5.41) is 8.76. The minimum atomic E-state index is 0.182. The van der Waals surface area contributed by atoms with Gasteiger partial charge in [-0.1, -0.05) is 6.07 Å². The van der Waals surface area contributed by atoms with Gasteiger partial charge < -0.3 is 9.84 Å². The van der Waals surface area contributed by atoms with E-state index in [0.717, 1.165) is 16.2 Å². The first-order valence-electron chi connectivity index (χ1n) is 4.13. The zero-order valence-electron chi connectivity index (χ0n) is 7.91. The molecule has 72 valence electrons. The van der Waals surface area contributed by atoms with Crippen LogP contribution < -0.4 is 4.74 Å². The van der Waals surface area contributed by atoms with E-state index in [1.165, 1.54) is 0 Å². The summed E-state index contributed by atoms with van der Waals surface area (Å²) in [5.74, 6) is 0.887. The van der Waals surface area contributed by atoms with Gasteiger partial charge in [-0.05, 0) is 30.4 Å². The molecule has 0 unspecified atom stereocenters. The molecule has 0 atom stereocenters. The van der Waals surface area contributed by atoms with Gasteiger partial charge in [0.25, 0.3) is 0 Å². The van der Waals surface area contributed by atoms with Crippen molar-refractivity contribution in [3.8, 4) is 5.75 Å². The smallest absolute Gasteiger partial charge is 0.132 e. The number of hydrogen-bond donors (Lipinski definition) is 1. The Labute approximate surface area is 82.9 Å². The Hall–Kier alpha value is -0.670. The van der Waals surface area contributed by atoms with Crippen molar-refractivity contribution in [3.05, 3.63) is 23.8 Å². The predicted octanol–water partition coefficient (Wildman–Crippen LogP) is 1.95. The highest BCUT2D eigenvalue weighted by molar-refractivity contribution is 7.98. The number of thioether (sulfide) groups is 1. The third-order valence-corrected chi connectivity index (χ3v) is 2.63. The van der Waals surface area contributed by atoms with Crippen molar-refractivity contribution in [1.29, 1.82) is 0 Å². The van der Waals surface area contributed by atoms with Crippen molar-refractivity contribution >= 4 is 11.8 Å². The molecular formula is C10H14O2S. The molecule has 0 amide bonds. The summed E-state index contributed by atoms with van der Waals surface area (Å²) in [6.45, 7) is 0.182. The maximum atomic E-state index is 8.76. The molecule has 0 saturated carbocycles. The van der Waals surface area contributed by atoms with E-state index in [1.54, 1.807) is 18.9 Å². The van der Waals surface area contributed by atoms with Crippen LogP contribution >= 0.6 is 11.8 Å². The van der Waals surface area contributed by atoms with Crippen LogP contribution in [0.15, 0.2) is 23.1 Å². The summed E-state index contributed by atoms with van der Waals surface area (Å²) in [6.07, 6.45) is 2.70. The number of aliphatic hydroxyl groups is 1. The highest BCUT2D eigenvalue weighted by Crippen LogP contribution is 2.28. The van der Waals surface area contributed by atoms with Crippen molar-refractivity contribution in [1.82, 2.24) is 0 Å². The fourth-order valence-electron chi connectivity index (χ4n) is 1.17. The Balaban J connectivity index is 2.91. The van der Waals surface area contributed by atoms with Crippen molar-refractivity contribution in [3.63, 3.8) is 0 Å². The van der Waals surface area contributed by atoms with Gasteiger partial charge in [-0.25, -0.2) is 0 Å². The summed E-state index contributed by atoms with van der Waals surface area (Å²) >= 11 is 1.66. The second kappa shape index (κ2) is 5.14. The molecule has 0 radical (unpaired) electrons. The zero-order chi connectivity index (χ0) is 9.68. The highest BCUT2D eigenvalue weighted by atomic mass is 32.2. The monoisotopic (exact) mass is 198 g/mol. The van der Waals surface area contributed by atoms with Crippen LogP contribution in [0.1, 0.15) is 5.56 Å². The maximum Gasteiger partial charge on any atom is 0.132 e. The molecule has 0 aliphatic rings. The molecule has 1 aromatic carbocycles. The van der Waals surface area contributed by atoms with Gasteiger partial charge in [0, 0.05) is 11.5 Å². The van der Waals surface area contributed by atoms with Gasteiger partial charge in [0.15, 0.2) is 0 Å². The lowest BCUT2D eigenvalue weighted by Gasteiger charge is -2.07. The lowest BCUT2D eigenvalue weighted by molar-refractivity contribution is 0.299. The van der Waals surface area contributed by atoms with Gasteiger partial charge in [0.1, 0.15) is 5.75 Å². The largest absolute Gasteiger partial charge is 0.496 e. The molecule has 0 bridgehead atoms. The van der Waals surface area contributed by atoms with E-state index in [4.69, 9.17) is 9.84 Å². The second-order valence-electron chi connectivity index (χ2n) is 2.66. The molecule has 3 heteroatoms. The van der Waals surface area contributed by atoms with Crippen molar-refractivity contribution in [2.24, 2.45) is 0 Å². The number of ether oxygens (including phenoxy) is 1. The van der Waals surface area contributed by atoms with Crippen LogP contribution in [0.4, 0.5) is 0 Å². The standard InChI is InChI=1S/C10H14O2S/c1-12-9-7-8(5-6-11)3-4-10(9)13-2/h3-4,7,11H,5-6H2,1-2H3. The summed E-state index contributed by atoms with van der Waals surface area (Å²) in [4.78, 5) is 1.13. The minimum absolute atomic E-state index is 0.182. The van der Waals surface area contributed by atoms with Crippen LogP contribution in [0.25, 0.3) is 0 Å². The maximum absolute atomic E-state index is 8.76. The van der Waals surface area contributed by atoms with E-state index >= 15 is 0 Å². The third kappa shape index (κ3) is 2.64. The molecule has 1 N–H and O–H groups in total. The van der Waals surface area contributed by atoms with Crippen molar-refractivity contribution < 1.29 is 9.84 Å². The average molecular weight is 198 g/mol. The predicted molar refractivity (Wildman–Crippen MR) is 55.6 cm³/mol. The third-order valence-electron chi connectivity index (χ3n) is 1.85. The summed E-state index contributed by atoms with van der Waals surface area (Å²) in [6, 6.07) is 6.02. The lowest BCUT2D eigenvalue weighted by Crippen LogP contribution is -1.93. The van der Waals surface area contributed by atoms with Crippen molar-refractivity contribution in [2.75, 3.05) is 20.0 Å². The Morgan fingerprint density at radius 1 is 1.46 bits per heavy atom. The average Bonchev–Trinajstić information content (AvgIpc) is 2.18. The fourth-order valence-corrected chi connectivity index (χ4v) is 1.71. The van der Waals surface area contributed by atoms with E-state index in [0.29, 0.717) is 6.42 Å². The molecule has 2 nitrogen and oxygen atoms in total. The minimum Gasteiger partial charge on any atom is -0.496 e. The topological polar surface area (TPSA) is 29.5 Å². The van der Waals surface area contributed by atoms with E-state index in [2.05, 4.69) is 0 Å². The normalized spacial score (nSPS) is 10.1. The van der Waals surface area contributed by atoms with E-state index in [9.17, 15) is 0 Å². The number of hydrogen-bond acceptors (Lipinski definition) is 3. The first kappa shape index (κ1) is 10.4. The van der Waals surface area contributed by atoms with E-state index in [-0.39, 0.29) is 6.61 Å². The van der Waals surface area contributed by atoms with Crippen LogP contribution in [0.2, 0.25) is 0 Å². The molecule has 0 spiro atoms. The molecule has 0 aromatic heterocycles. The molecule has 0 aliphatic carbocycles. The quantitative estimate of drug-likeness (QED) is 0.750. The molecule has 1 aromatic rings. The first-order valence-corrected chi connectivity index (χ1v) is 5.36. The summed E-state index contributed by atoms with van der Waals surface area (Å²) in [7, 11) is 1.66. The number of methoxy groups -OCH3 is 1. The Morgan fingerprint density at radius 2 is 2.23 bits per heavy atom. The molecular weight excluding hydrogens is 184 g/mol. The Bertz CT molecular complexity index is 274. The lowest BCUT2D eigenvalue weighted by atomic mass is 10.1. The second-order valence-corrected chi connectivity index (χ2v) is 3.51. The van der Waals surface area contributed by atoms with Gasteiger partial charge in [-0.2, -0.15) is 0 Å². The van der Waals surface area contributed by atoms with Gasteiger partial charge in [-0.15, -0.1) is 11.8 Å². The van der Waals surface area contributed by atoms with Crippen LogP contribution in [0, 0.1) is 0 Å². The number of aliphatic hydroxyl groups excluding tert-OH is 1. The summed E-state index contributed by atoms with van der Waals surface area (Å²) in [5.41, 5.74) is 1.11. The molecule has 0 aliphatic heterocycles. The number of rotatable bonds is 4. The Kier molecular flexibility index (Phi) is 4.12. The van der Waals surface area contributed by atoms with Gasteiger partial charge in [0.2, 0.25) is 0 Å². The van der Waals surface area contributed by atoms with E-state index < -0.39 is 0 Å². The van der Waals surface area contributed by atoms with Gasteiger partial charge in [-0.3, -0.25) is 0 Å². The zero-order valence-corrected chi connectivity index (χ0v) is 8.73. The molecule has 0 saturated heterocycles. The van der Waals surface area contributed by atoms with Gasteiger partial charge in [0.05, 0.1) is 7.11 Å². The van der Waals surface area contributed by atoms with Gasteiger partial charge >= 0.3 is 0 Å². The van der Waals surface area contributed by atoms with Crippen LogP contribution in [0.3, 0.4) is 0 Å². The SMILES string of the molecule is COc1cc(CCO)ccc1SC. The van der Waals surface area contributed by atoms with Crippen LogP contribution in [-0.4, -0.2) is 25.1 Å². The van der Waals surface area contributed by atoms with E-state index in [1.807, 2.05) is 24.5 Å². The Morgan fingerprint density at radius 3 is 2.77 bits per heavy atom. The number of benzene rings is 1. The summed E-state index contributed by atoms with van der Waals surface area (Å²) < 4.78 is 5.22. The molecule has 0 fully saturated rings. The first-order chi connectivity index (χ1) is 6.31. The van der Waals surface area contributed by atoms with Crippen LogP contribution in [-0.2, 0) is 6.42 Å². The highest BCUT2D eigenvalue weighted by Gasteiger charge is 2.02. The molecule has 1 rings (SSSR count). The molecule has 0 heterocycles. The van der Waals surface area contributed by atoms with Crippen molar-refractivity contribution in [2.45, 2.75) is 11.3 Å². The van der Waals surface area contributed by atoms with Crippen LogP contribution in [0.5, 0.6) is 5.75 Å². The molecule has 13 heavy (non-hydrogen) atoms. The fraction of sp³-hybridized carbons (Fsp3) is 0.400.